The van der Waals surface area contributed by atoms with Crippen LogP contribution in [-0.2, 0) is 13.6 Å². The maximum absolute atomic E-state index is 6.01. The zero-order chi connectivity index (χ0) is 18.7. The van der Waals surface area contributed by atoms with Gasteiger partial charge in [0.1, 0.15) is 18.1 Å². The van der Waals surface area contributed by atoms with Crippen molar-refractivity contribution in [3.63, 3.8) is 0 Å². The minimum absolute atomic E-state index is 0. The maximum atomic E-state index is 6.01. The number of rotatable bonds is 5. The SMILES string of the molecule is Cc1ccc2c(c1)nc(CN=C(N)Nc1ccc(OC(C)C)cc1)n2C.I. The lowest BCUT2D eigenvalue weighted by atomic mass is 10.2. The van der Waals surface area contributed by atoms with E-state index >= 15 is 0 Å². The fourth-order valence-electron chi connectivity index (χ4n) is 2.73. The summed E-state index contributed by atoms with van der Waals surface area (Å²) in [6, 6.07) is 13.9. The van der Waals surface area contributed by atoms with Crippen LogP contribution < -0.4 is 15.8 Å². The molecule has 27 heavy (non-hydrogen) atoms. The fraction of sp³-hybridized carbons (Fsp3) is 0.300. The Hall–Kier alpha value is -2.29. The molecule has 0 unspecified atom stereocenters. The Kier molecular flexibility index (Phi) is 7.06. The molecule has 0 bridgehead atoms. The van der Waals surface area contributed by atoms with Crippen LogP contribution in [-0.4, -0.2) is 21.6 Å². The van der Waals surface area contributed by atoms with Crippen molar-refractivity contribution in [1.82, 2.24) is 9.55 Å². The summed E-state index contributed by atoms with van der Waals surface area (Å²) in [5, 5.41) is 3.09. The molecule has 144 valence electrons. The Morgan fingerprint density at radius 1 is 1.22 bits per heavy atom. The third-order valence-electron chi connectivity index (χ3n) is 4.02. The highest BCUT2D eigenvalue weighted by Crippen LogP contribution is 2.18. The average molecular weight is 479 g/mol. The first-order valence-electron chi connectivity index (χ1n) is 8.68. The van der Waals surface area contributed by atoms with E-state index in [1.165, 1.54) is 5.56 Å². The second-order valence-corrected chi connectivity index (χ2v) is 6.60. The number of ether oxygens (including phenoxy) is 1. The smallest absolute Gasteiger partial charge is 0.193 e. The summed E-state index contributed by atoms with van der Waals surface area (Å²) in [7, 11) is 1.99. The third kappa shape index (κ3) is 5.35. The summed E-state index contributed by atoms with van der Waals surface area (Å²) in [5.41, 5.74) is 10.1. The fourth-order valence-corrected chi connectivity index (χ4v) is 2.73. The van der Waals surface area contributed by atoms with Gasteiger partial charge in [-0.1, -0.05) is 6.07 Å². The predicted molar refractivity (Wildman–Crippen MR) is 122 cm³/mol. The molecule has 1 aromatic heterocycles. The summed E-state index contributed by atoms with van der Waals surface area (Å²) in [5.74, 6) is 2.05. The van der Waals surface area contributed by atoms with Crippen LogP contribution in [0.1, 0.15) is 25.2 Å². The van der Waals surface area contributed by atoms with Gasteiger partial charge >= 0.3 is 0 Å². The standard InChI is InChI=1S/C20H25N5O.HI/c1-13(2)26-16-8-6-15(7-9-16)23-20(21)22-12-19-24-17-11-14(3)5-10-18(17)25(19)4;/h5-11,13H,12H2,1-4H3,(H3,21,22,23);1H. The van der Waals surface area contributed by atoms with Crippen molar-refractivity contribution in [2.75, 3.05) is 5.32 Å². The monoisotopic (exact) mass is 479 g/mol. The van der Waals surface area contributed by atoms with Gasteiger partial charge in [0, 0.05) is 12.7 Å². The lowest BCUT2D eigenvalue weighted by Crippen LogP contribution is -2.22. The van der Waals surface area contributed by atoms with Crippen molar-refractivity contribution in [3.05, 3.63) is 53.9 Å². The van der Waals surface area contributed by atoms with Crippen LogP contribution in [0.25, 0.3) is 11.0 Å². The molecular weight excluding hydrogens is 453 g/mol. The van der Waals surface area contributed by atoms with E-state index in [9.17, 15) is 0 Å². The van der Waals surface area contributed by atoms with Crippen LogP contribution in [0.4, 0.5) is 5.69 Å². The lowest BCUT2D eigenvalue weighted by Gasteiger charge is -2.11. The molecule has 0 saturated carbocycles. The van der Waals surface area contributed by atoms with Gasteiger partial charge in [-0.05, 0) is 62.7 Å². The third-order valence-corrected chi connectivity index (χ3v) is 4.02. The maximum Gasteiger partial charge on any atom is 0.193 e. The number of aromatic nitrogens is 2. The second-order valence-electron chi connectivity index (χ2n) is 6.60. The molecule has 0 aliphatic rings. The Morgan fingerprint density at radius 2 is 1.93 bits per heavy atom. The van der Waals surface area contributed by atoms with E-state index in [2.05, 4.69) is 40.4 Å². The van der Waals surface area contributed by atoms with Crippen molar-refractivity contribution in [1.29, 1.82) is 0 Å². The highest BCUT2D eigenvalue weighted by molar-refractivity contribution is 14.0. The zero-order valence-corrected chi connectivity index (χ0v) is 18.4. The summed E-state index contributed by atoms with van der Waals surface area (Å²) >= 11 is 0. The molecule has 6 nitrogen and oxygen atoms in total. The van der Waals surface area contributed by atoms with Gasteiger partial charge in [0.25, 0.3) is 0 Å². The number of halogens is 1. The van der Waals surface area contributed by atoms with Gasteiger partial charge in [0.2, 0.25) is 0 Å². The Morgan fingerprint density at radius 3 is 2.59 bits per heavy atom. The minimum atomic E-state index is 0. The van der Waals surface area contributed by atoms with Gasteiger partial charge in [0.05, 0.1) is 17.1 Å². The molecule has 3 N–H and O–H groups in total. The number of fused-ring (bicyclic) bond motifs is 1. The normalized spacial score (nSPS) is 11.5. The molecule has 3 aromatic rings. The van der Waals surface area contributed by atoms with E-state index in [4.69, 9.17) is 10.5 Å². The number of imidazole rings is 1. The van der Waals surface area contributed by atoms with Crippen molar-refractivity contribution >= 4 is 46.7 Å². The number of hydrogen-bond acceptors (Lipinski definition) is 3. The van der Waals surface area contributed by atoms with E-state index in [-0.39, 0.29) is 30.1 Å². The average Bonchev–Trinajstić information content (AvgIpc) is 2.89. The van der Waals surface area contributed by atoms with Crippen LogP contribution in [0.3, 0.4) is 0 Å². The lowest BCUT2D eigenvalue weighted by molar-refractivity contribution is 0.242. The molecule has 0 aliphatic carbocycles. The summed E-state index contributed by atoms with van der Waals surface area (Å²) < 4.78 is 7.67. The number of aliphatic imine (C=N–C) groups is 1. The quantitative estimate of drug-likeness (QED) is 0.327. The van der Waals surface area contributed by atoms with Crippen LogP contribution in [0.5, 0.6) is 5.75 Å². The summed E-state index contributed by atoms with van der Waals surface area (Å²) in [6.45, 7) is 6.47. The number of nitrogens with one attached hydrogen (secondary N) is 1. The molecule has 0 saturated heterocycles. The number of benzene rings is 2. The molecule has 0 atom stereocenters. The molecule has 1 heterocycles. The van der Waals surface area contributed by atoms with Crippen molar-refractivity contribution in [3.8, 4) is 5.75 Å². The molecule has 7 heteroatoms. The van der Waals surface area contributed by atoms with Gasteiger partial charge in [-0.25, -0.2) is 9.98 Å². The number of hydrogen-bond donors (Lipinski definition) is 2. The molecule has 0 aliphatic heterocycles. The molecule has 0 amide bonds. The summed E-state index contributed by atoms with van der Waals surface area (Å²) in [4.78, 5) is 9.05. The van der Waals surface area contributed by atoms with Crippen molar-refractivity contribution in [2.45, 2.75) is 33.4 Å². The zero-order valence-electron chi connectivity index (χ0n) is 16.1. The number of anilines is 1. The van der Waals surface area contributed by atoms with E-state index < -0.39 is 0 Å². The highest BCUT2D eigenvalue weighted by atomic mass is 127. The first-order chi connectivity index (χ1) is 12.4. The van der Waals surface area contributed by atoms with E-state index in [0.717, 1.165) is 28.3 Å². The Balaban J connectivity index is 0.00000261. The molecule has 2 aromatic carbocycles. The van der Waals surface area contributed by atoms with Crippen molar-refractivity contribution in [2.24, 2.45) is 17.8 Å². The highest BCUT2D eigenvalue weighted by Gasteiger charge is 2.07. The van der Waals surface area contributed by atoms with Crippen molar-refractivity contribution < 1.29 is 4.74 Å². The first-order valence-corrected chi connectivity index (χ1v) is 8.68. The first kappa shape index (κ1) is 21.0. The number of guanidine groups is 1. The van der Waals surface area contributed by atoms with Crippen LogP contribution >= 0.6 is 24.0 Å². The van der Waals surface area contributed by atoms with Gasteiger partial charge in [-0.3, -0.25) is 0 Å². The van der Waals surface area contributed by atoms with E-state index in [0.29, 0.717) is 12.5 Å². The largest absolute Gasteiger partial charge is 0.491 e. The van der Waals surface area contributed by atoms with Gasteiger partial charge in [0.15, 0.2) is 5.96 Å². The molecule has 0 spiro atoms. The van der Waals surface area contributed by atoms with Crippen LogP contribution in [0, 0.1) is 6.92 Å². The topological polar surface area (TPSA) is 77.5 Å². The van der Waals surface area contributed by atoms with Gasteiger partial charge < -0.3 is 20.4 Å². The second kappa shape index (κ2) is 9.07. The number of aryl methyl sites for hydroxylation is 2. The van der Waals surface area contributed by atoms with Gasteiger partial charge in [-0.2, -0.15) is 0 Å². The predicted octanol–water partition coefficient (Wildman–Crippen LogP) is 4.21. The molecule has 0 radical (unpaired) electrons. The van der Waals surface area contributed by atoms with Gasteiger partial charge in [-0.15, -0.1) is 24.0 Å². The van der Waals surface area contributed by atoms with E-state index in [1.807, 2.05) is 49.7 Å². The summed E-state index contributed by atoms with van der Waals surface area (Å²) in [6.07, 6.45) is 0.150. The number of nitrogens with two attached hydrogens (primary N) is 1. The molecular formula is C20H26IN5O. The van der Waals surface area contributed by atoms with Crippen LogP contribution in [0.2, 0.25) is 0 Å². The van der Waals surface area contributed by atoms with Crippen LogP contribution in [0.15, 0.2) is 47.5 Å². The molecule has 0 fully saturated rings. The Labute approximate surface area is 176 Å². The number of nitrogens with zero attached hydrogens (tertiary/aromatic N) is 3. The molecule has 3 rings (SSSR count). The minimum Gasteiger partial charge on any atom is -0.491 e. The Bertz CT molecular complexity index is 931. The van der Waals surface area contributed by atoms with E-state index in [1.54, 1.807) is 0 Å².